The second-order valence-corrected chi connectivity index (χ2v) is 6.94. The Morgan fingerprint density at radius 3 is 1.52 bits per heavy atom. The largest absolute Gasteiger partial charge is 0.306 e. The average molecular weight is 313 g/mol. The third-order valence-electron chi connectivity index (χ3n) is 5.26. The summed E-state index contributed by atoms with van der Waals surface area (Å²) in [6.07, 6.45) is 8.47. The molecule has 2 rings (SSSR count). The Morgan fingerprint density at radius 1 is 0.739 bits per heavy atom. The second kappa shape index (κ2) is 6.62. The lowest BCUT2D eigenvalue weighted by Gasteiger charge is -2.40. The van der Waals surface area contributed by atoms with E-state index < -0.39 is 5.66 Å². The van der Waals surface area contributed by atoms with Gasteiger partial charge in [0.25, 0.3) is 0 Å². The predicted molar refractivity (Wildman–Crippen MR) is 100 cm³/mol. The molecule has 0 heterocycles. The molecule has 0 unspecified atom stereocenters. The molecule has 1 aromatic rings. The van der Waals surface area contributed by atoms with Gasteiger partial charge in [0, 0.05) is 5.41 Å². The lowest BCUT2D eigenvalue weighted by atomic mass is 9.70. The van der Waals surface area contributed by atoms with Crippen LogP contribution in [0.2, 0.25) is 0 Å². The maximum absolute atomic E-state index is 6.44. The van der Waals surface area contributed by atoms with E-state index in [1.807, 2.05) is 0 Å². The lowest BCUT2D eigenvalue weighted by Crippen LogP contribution is -2.55. The summed E-state index contributed by atoms with van der Waals surface area (Å²) in [5.74, 6) is 0. The van der Waals surface area contributed by atoms with Gasteiger partial charge >= 0.3 is 0 Å². The average Bonchev–Trinajstić information content (AvgIpc) is 2.55. The van der Waals surface area contributed by atoms with Crippen molar-refractivity contribution in [3.63, 3.8) is 0 Å². The molecule has 0 bridgehead atoms. The minimum Gasteiger partial charge on any atom is -0.306 e. The fraction of sp³-hybridized carbons (Fsp3) is 0.524. The van der Waals surface area contributed by atoms with E-state index in [2.05, 4.69) is 65.0 Å². The van der Waals surface area contributed by atoms with Crippen LogP contribution < -0.4 is 11.5 Å². The summed E-state index contributed by atoms with van der Waals surface area (Å²) in [6.45, 7) is 11.0. The van der Waals surface area contributed by atoms with Crippen molar-refractivity contribution in [1.82, 2.24) is 0 Å². The zero-order valence-electron chi connectivity index (χ0n) is 15.4. The molecule has 0 amide bonds. The van der Waals surface area contributed by atoms with E-state index >= 15 is 0 Å². The van der Waals surface area contributed by atoms with Gasteiger partial charge in [-0.05, 0) is 60.4 Å². The summed E-state index contributed by atoms with van der Waals surface area (Å²) in [7, 11) is 0. The minimum absolute atomic E-state index is 0.131. The highest BCUT2D eigenvalue weighted by molar-refractivity contribution is 5.50. The first-order valence-electron chi connectivity index (χ1n) is 8.96. The molecule has 0 fully saturated rings. The molecule has 0 spiro atoms. The molecule has 0 saturated carbocycles. The number of allylic oxidation sites excluding steroid dienone is 2. The van der Waals surface area contributed by atoms with Crippen LogP contribution in [0.4, 0.5) is 0 Å². The van der Waals surface area contributed by atoms with Crippen LogP contribution >= 0.6 is 0 Å². The van der Waals surface area contributed by atoms with Crippen LogP contribution in [-0.4, -0.2) is 5.66 Å². The van der Waals surface area contributed by atoms with Crippen LogP contribution in [-0.2, 0) is 18.3 Å². The SMILES string of the molecule is CCC1=CC(C)(c2cc(CC)cc(CC)c2)C=C(CC)C1(N)N. The van der Waals surface area contributed by atoms with Crippen molar-refractivity contribution in [2.75, 3.05) is 0 Å². The Balaban J connectivity index is 2.63. The standard InChI is InChI=1S/C21H32N2/c1-6-15-10-16(7-2)12-19(11-15)20(5)13-17(8-3)21(22,23)18(9-4)14-20/h10-14H,6-9,22-23H2,1-5H3. The van der Waals surface area contributed by atoms with Crippen molar-refractivity contribution < 1.29 is 0 Å². The number of aryl methyl sites for hydroxylation is 2. The van der Waals surface area contributed by atoms with E-state index in [-0.39, 0.29) is 5.41 Å². The van der Waals surface area contributed by atoms with E-state index in [0.717, 1.165) is 36.8 Å². The first kappa shape index (κ1) is 18.0. The molecule has 4 N–H and O–H groups in total. The smallest absolute Gasteiger partial charge is 0.108 e. The summed E-state index contributed by atoms with van der Waals surface area (Å²) < 4.78 is 0. The molecular formula is C21H32N2. The Kier molecular flexibility index (Phi) is 5.17. The highest BCUT2D eigenvalue weighted by Gasteiger charge is 2.37. The molecule has 0 atom stereocenters. The van der Waals surface area contributed by atoms with Gasteiger partial charge in [0.05, 0.1) is 0 Å². The second-order valence-electron chi connectivity index (χ2n) is 6.94. The Bertz CT molecular complexity index is 589. The monoisotopic (exact) mass is 312 g/mol. The van der Waals surface area contributed by atoms with E-state index in [4.69, 9.17) is 11.5 Å². The molecule has 2 heteroatoms. The number of benzene rings is 1. The Morgan fingerprint density at radius 2 is 1.17 bits per heavy atom. The van der Waals surface area contributed by atoms with Gasteiger partial charge in [-0.15, -0.1) is 0 Å². The van der Waals surface area contributed by atoms with Crippen LogP contribution in [0, 0.1) is 0 Å². The summed E-state index contributed by atoms with van der Waals surface area (Å²) in [6, 6.07) is 7.00. The van der Waals surface area contributed by atoms with Crippen molar-refractivity contribution in [3.8, 4) is 0 Å². The fourth-order valence-corrected chi connectivity index (χ4v) is 3.65. The van der Waals surface area contributed by atoms with E-state index in [9.17, 15) is 0 Å². The Hall–Kier alpha value is -1.38. The molecule has 0 aromatic heterocycles. The maximum atomic E-state index is 6.44. The highest BCUT2D eigenvalue weighted by Crippen LogP contribution is 2.40. The van der Waals surface area contributed by atoms with Gasteiger partial charge in [0.2, 0.25) is 0 Å². The minimum atomic E-state index is -0.793. The molecule has 23 heavy (non-hydrogen) atoms. The zero-order valence-corrected chi connectivity index (χ0v) is 15.4. The van der Waals surface area contributed by atoms with Crippen LogP contribution in [0.5, 0.6) is 0 Å². The van der Waals surface area contributed by atoms with Crippen LogP contribution in [0.25, 0.3) is 0 Å². The van der Waals surface area contributed by atoms with Crippen LogP contribution in [0.15, 0.2) is 41.5 Å². The normalized spacial score (nSPS) is 19.3. The molecule has 0 radical (unpaired) electrons. The van der Waals surface area contributed by atoms with E-state index in [0.29, 0.717) is 0 Å². The molecular weight excluding hydrogens is 280 g/mol. The van der Waals surface area contributed by atoms with E-state index in [1.165, 1.54) is 16.7 Å². The number of hydrogen-bond acceptors (Lipinski definition) is 2. The van der Waals surface area contributed by atoms with E-state index in [1.54, 1.807) is 0 Å². The maximum Gasteiger partial charge on any atom is 0.108 e. The van der Waals surface area contributed by atoms with Crippen LogP contribution in [0.3, 0.4) is 0 Å². The predicted octanol–water partition coefficient (Wildman–Crippen LogP) is 4.37. The quantitative estimate of drug-likeness (QED) is 0.626. The summed E-state index contributed by atoms with van der Waals surface area (Å²) in [5.41, 5.74) is 18.4. The van der Waals surface area contributed by atoms with Gasteiger partial charge < -0.3 is 11.5 Å². The summed E-state index contributed by atoms with van der Waals surface area (Å²) in [5, 5.41) is 0. The lowest BCUT2D eigenvalue weighted by molar-refractivity contribution is 0.527. The summed E-state index contributed by atoms with van der Waals surface area (Å²) >= 11 is 0. The van der Waals surface area contributed by atoms with Gasteiger partial charge in [0.15, 0.2) is 0 Å². The van der Waals surface area contributed by atoms with Crippen molar-refractivity contribution in [2.45, 2.75) is 71.4 Å². The first-order chi connectivity index (χ1) is 10.8. The van der Waals surface area contributed by atoms with Crippen molar-refractivity contribution in [3.05, 3.63) is 58.2 Å². The van der Waals surface area contributed by atoms with Crippen molar-refractivity contribution in [1.29, 1.82) is 0 Å². The third kappa shape index (κ3) is 3.29. The highest BCUT2D eigenvalue weighted by atomic mass is 15.0. The van der Waals surface area contributed by atoms with Gasteiger partial charge in [-0.3, -0.25) is 0 Å². The molecule has 1 aromatic carbocycles. The number of nitrogens with two attached hydrogens (primary N) is 2. The number of hydrogen-bond donors (Lipinski definition) is 2. The fourth-order valence-electron chi connectivity index (χ4n) is 3.65. The molecule has 0 aliphatic heterocycles. The van der Waals surface area contributed by atoms with Gasteiger partial charge in [-0.25, -0.2) is 0 Å². The molecule has 1 aliphatic carbocycles. The van der Waals surface area contributed by atoms with Crippen molar-refractivity contribution >= 4 is 0 Å². The topological polar surface area (TPSA) is 52.0 Å². The molecule has 0 saturated heterocycles. The molecule has 1 aliphatic rings. The van der Waals surface area contributed by atoms with Gasteiger partial charge in [0.1, 0.15) is 5.66 Å². The molecule has 126 valence electrons. The number of rotatable bonds is 5. The Labute approximate surface area is 141 Å². The molecule has 2 nitrogen and oxygen atoms in total. The van der Waals surface area contributed by atoms with Crippen molar-refractivity contribution in [2.24, 2.45) is 11.5 Å². The summed E-state index contributed by atoms with van der Waals surface area (Å²) in [4.78, 5) is 0. The zero-order chi connectivity index (χ0) is 17.3. The third-order valence-corrected chi connectivity index (χ3v) is 5.26. The van der Waals surface area contributed by atoms with Crippen LogP contribution in [0.1, 0.15) is 64.2 Å². The first-order valence-corrected chi connectivity index (χ1v) is 8.96. The van der Waals surface area contributed by atoms with Gasteiger partial charge in [-0.1, -0.05) is 58.0 Å². The van der Waals surface area contributed by atoms with Gasteiger partial charge in [-0.2, -0.15) is 0 Å².